The van der Waals surface area contributed by atoms with Gasteiger partial charge in [-0.25, -0.2) is 15.0 Å². The van der Waals surface area contributed by atoms with E-state index < -0.39 is 0 Å². The Morgan fingerprint density at radius 1 is 1.10 bits per heavy atom. The van der Waals surface area contributed by atoms with E-state index in [1.54, 1.807) is 0 Å². The van der Waals surface area contributed by atoms with Crippen molar-refractivity contribution in [3.63, 3.8) is 0 Å². The van der Waals surface area contributed by atoms with Crippen LogP contribution in [0.3, 0.4) is 0 Å². The highest BCUT2D eigenvalue weighted by Crippen LogP contribution is 2.34. The van der Waals surface area contributed by atoms with Crippen LogP contribution >= 0.6 is 11.3 Å². The Kier molecular flexibility index (Phi) is 5.03. The number of aryl methyl sites for hydroxylation is 1. The molecule has 1 aliphatic rings. The number of benzene rings is 2. The highest BCUT2D eigenvalue weighted by molar-refractivity contribution is 7.11. The van der Waals surface area contributed by atoms with Gasteiger partial charge in [0.1, 0.15) is 17.4 Å². The first-order valence-electron chi connectivity index (χ1n) is 9.87. The Hall–Kier alpha value is -3.45. The van der Waals surface area contributed by atoms with Crippen LogP contribution in [-0.4, -0.2) is 21.5 Å². The molecular weight excluding hydrogens is 394 g/mol. The topological polar surface area (TPSA) is 72.0 Å². The molecule has 0 aliphatic carbocycles. The maximum atomic E-state index is 6.03. The van der Waals surface area contributed by atoms with Crippen LogP contribution in [0.5, 0.6) is 10.9 Å². The second-order valence-corrected chi connectivity index (χ2v) is 7.95. The lowest BCUT2D eigenvalue weighted by Gasteiger charge is -2.27. The molecule has 30 heavy (non-hydrogen) atoms. The molecule has 5 rings (SSSR count). The summed E-state index contributed by atoms with van der Waals surface area (Å²) in [7, 11) is 0. The van der Waals surface area contributed by atoms with Gasteiger partial charge in [-0.1, -0.05) is 47.7 Å². The first-order chi connectivity index (χ1) is 14.7. The summed E-state index contributed by atoms with van der Waals surface area (Å²) in [4.78, 5) is 13.5. The minimum Gasteiger partial charge on any atom is -0.431 e. The van der Waals surface area contributed by atoms with E-state index >= 15 is 0 Å². The SMILES string of the molecule is Cc1ncc2c(n1)NCCC2Nc1cccc(Oc2nc(-c3ccccc3)cs2)c1. The predicted molar refractivity (Wildman–Crippen MR) is 120 cm³/mol. The molecule has 1 unspecified atom stereocenters. The summed E-state index contributed by atoms with van der Waals surface area (Å²) >= 11 is 1.49. The molecule has 6 nitrogen and oxygen atoms in total. The third-order valence-corrected chi connectivity index (χ3v) is 5.69. The maximum absolute atomic E-state index is 6.03. The number of anilines is 2. The summed E-state index contributed by atoms with van der Waals surface area (Å²) in [5.41, 5.74) is 4.09. The van der Waals surface area contributed by atoms with Crippen LogP contribution in [0.25, 0.3) is 11.3 Å². The lowest BCUT2D eigenvalue weighted by molar-refractivity contribution is 0.479. The summed E-state index contributed by atoms with van der Waals surface area (Å²) in [5, 5.41) is 9.59. The third kappa shape index (κ3) is 3.97. The highest BCUT2D eigenvalue weighted by Gasteiger charge is 2.21. The molecule has 2 N–H and O–H groups in total. The van der Waals surface area contributed by atoms with Gasteiger partial charge in [-0.3, -0.25) is 0 Å². The minimum atomic E-state index is 0.154. The molecule has 0 radical (unpaired) electrons. The van der Waals surface area contributed by atoms with Crippen molar-refractivity contribution in [1.29, 1.82) is 0 Å². The number of rotatable bonds is 5. The van der Waals surface area contributed by atoms with Crippen molar-refractivity contribution in [3.05, 3.63) is 77.6 Å². The molecule has 150 valence electrons. The molecule has 0 amide bonds. The van der Waals surface area contributed by atoms with Gasteiger partial charge in [0.2, 0.25) is 0 Å². The van der Waals surface area contributed by atoms with Crippen LogP contribution < -0.4 is 15.4 Å². The molecule has 0 bridgehead atoms. The summed E-state index contributed by atoms with van der Waals surface area (Å²) in [6, 6.07) is 18.2. The van der Waals surface area contributed by atoms with E-state index in [0.29, 0.717) is 5.19 Å². The van der Waals surface area contributed by atoms with Crippen LogP contribution in [0, 0.1) is 6.92 Å². The van der Waals surface area contributed by atoms with Gasteiger partial charge in [0.15, 0.2) is 0 Å². The Labute approximate surface area is 179 Å². The largest absolute Gasteiger partial charge is 0.431 e. The standard InChI is InChI=1S/C23H21N5OS/c1-15-25-13-19-20(10-11-24-22(19)26-15)27-17-8-5-9-18(12-17)29-23-28-21(14-30-23)16-6-3-2-4-7-16/h2-9,12-14,20,27H,10-11H2,1H3,(H,24,25,26). The highest BCUT2D eigenvalue weighted by atomic mass is 32.1. The van der Waals surface area contributed by atoms with Crippen molar-refractivity contribution in [2.75, 3.05) is 17.2 Å². The van der Waals surface area contributed by atoms with Crippen molar-refractivity contribution in [2.45, 2.75) is 19.4 Å². The maximum Gasteiger partial charge on any atom is 0.279 e. The first-order valence-corrected chi connectivity index (χ1v) is 10.8. The van der Waals surface area contributed by atoms with Gasteiger partial charge in [0.05, 0.1) is 11.7 Å². The van der Waals surface area contributed by atoms with E-state index in [9.17, 15) is 0 Å². The van der Waals surface area contributed by atoms with Crippen molar-refractivity contribution in [3.8, 4) is 22.2 Å². The average molecular weight is 416 g/mol. The number of thiazole rings is 1. The van der Waals surface area contributed by atoms with Crippen molar-refractivity contribution in [2.24, 2.45) is 0 Å². The van der Waals surface area contributed by atoms with E-state index in [2.05, 4.69) is 25.6 Å². The van der Waals surface area contributed by atoms with E-state index in [-0.39, 0.29) is 6.04 Å². The van der Waals surface area contributed by atoms with E-state index in [4.69, 9.17) is 4.74 Å². The van der Waals surface area contributed by atoms with Crippen LogP contribution in [0.1, 0.15) is 23.9 Å². The number of hydrogen-bond acceptors (Lipinski definition) is 7. The Morgan fingerprint density at radius 3 is 2.90 bits per heavy atom. The molecule has 3 heterocycles. The van der Waals surface area contributed by atoms with Crippen LogP contribution in [0.4, 0.5) is 11.5 Å². The van der Waals surface area contributed by atoms with Gasteiger partial charge in [-0.05, 0) is 25.5 Å². The van der Waals surface area contributed by atoms with Crippen molar-refractivity contribution in [1.82, 2.24) is 15.0 Å². The van der Waals surface area contributed by atoms with Crippen LogP contribution in [-0.2, 0) is 0 Å². The first kappa shape index (κ1) is 18.6. The number of nitrogens with one attached hydrogen (secondary N) is 2. The lowest BCUT2D eigenvalue weighted by atomic mass is 10.0. The average Bonchev–Trinajstić information content (AvgIpc) is 3.23. The molecule has 1 atom stereocenters. The molecule has 0 saturated heterocycles. The zero-order chi connectivity index (χ0) is 20.3. The number of aromatic nitrogens is 3. The fourth-order valence-corrected chi connectivity index (χ4v) is 4.21. The molecular formula is C23H21N5OS. The molecule has 0 saturated carbocycles. The van der Waals surface area contributed by atoms with Crippen LogP contribution in [0.15, 0.2) is 66.2 Å². The van der Waals surface area contributed by atoms with Crippen molar-refractivity contribution >= 4 is 22.8 Å². The zero-order valence-electron chi connectivity index (χ0n) is 16.5. The van der Waals surface area contributed by atoms with Gasteiger partial charge in [0.25, 0.3) is 5.19 Å². The summed E-state index contributed by atoms with van der Waals surface area (Å²) in [6.45, 7) is 2.78. The minimum absolute atomic E-state index is 0.154. The number of hydrogen-bond donors (Lipinski definition) is 2. The monoisotopic (exact) mass is 415 g/mol. The lowest BCUT2D eigenvalue weighted by Crippen LogP contribution is -2.23. The molecule has 2 aromatic heterocycles. The molecule has 4 aromatic rings. The van der Waals surface area contributed by atoms with E-state index in [1.165, 1.54) is 11.3 Å². The summed E-state index contributed by atoms with van der Waals surface area (Å²) in [5.74, 6) is 2.44. The summed E-state index contributed by atoms with van der Waals surface area (Å²) in [6.07, 6.45) is 2.86. The second kappa shape index (κ2) is 8.12. The van der Waals surface area contributed by atoms with Gasteiger partial charge in [-0.2, -0.15) is 0 Å². The third-order valence-electron chi connectivity index (χ3n) is 4.97. The Balaban J connectivity index is 1.32. The van der Waals surface area contributed by atoms with E-state index in [1.807, 2.05) is 73.1 Å². The fourth-order valence-electron chi connectivity index (χ4n) is 3.51. The molecule has 0 fully saturated rings. The quantitative estimate of drug-likeness (QED) is 0.438. The molecule has 1 aliphatic heterocycles. The number of nitrogens with zero attached hydrogens (tertiary/aromatic N) is 3. The molecule has 7 heteroatoms. The van der Waals surface area contributed by atoms with Gasteiger partial charge < -0.3 is 15.4 Å². The fraction of sp³-hybridized carbons (Fsp3) is 0.174. The number of fused-ring (bicyclic) bond motifs is 1. The molecule has 0 spiro atoms. The van der Waals surface area contributed by atoms with Gasteiger partial charge >= 0.3 is 0 Å². The Bertz CT molecular complexity index is 1160. The normalized spacial score (nSPS) is 15.2. The summed E-state index contributed by atoms with van der Waals surface area (Å²) < 4.78 is 6.03. The van der Waals surface area contributed by atoms with Gasteiger partial charge in [-0.15, -0.1) is 0 Å². The predicted octanol–water partition coefficient (Wildman–Crippen LogP) is 5.67. The smallest absolute Gasteiger partial charge is 0.279 e. The van der Waals surface area contributed by atoms with Crippen LogP contribution in [0.2, 0.25) is 0 Å². The molecule has 2 aromatic carbocycles. The Morgan fingerprint density at radius 2 is 2.00 bits per heavy atom. The van der Waals surface area contributed by atoms with E-state index in [0.717, 1.165) is 52.9 Å². The van der Waals surface area contributed by atoms with Gasteiger partial charge in [0, 0.05) is 41.0 Å². The number of ether oxygens (including phenoxy) is 1. The van der Waals surface area contributed by atoms with Crippen molar-refractivity contribution < 1.29 is 4.74 Å². The zero-order valence-corrected chi connectivity index (χ0v) is 17.3. The second-order valence-electron chi connectivity index (χ2n) is 7.13.